The number of nitrogens with zero attached hydrogens (tertiary/aromatic N) is 3. The molecular weight excluding hydrogens is 352 g/mol. The van der Waals surface area contributed by atoms with Crippen molar-refractivity contribution in [2.75, 3.05) is 12.4 Å². The average Bonchev–Trinajstić information content (AvgIpc) is 3.24. The number of imidazole rings is 1. The normalized spacial score (nSPS) is 10.6. The Balaban J connectivity index is 1.67. The molecule has 0 amide bonds. The van der Waals surface area contributed by atoms with Gasteiger partial charge in [0, 0.05) is 30.9 Å². The molecule has 1 aromatic heterocycles. The van der Waals surface area contributed by atoms with E-state index in [-0.39, 0.29) is 5.69 Å². The van der Waals surface area contributed by atoms with Crippen LogP contribution in [0.3, 0.4) is 0 Å². The van der Waals surface area contributed by atoms with Gasteiger partial charge in [0.1, 0.15) is 0 Å². The number of aromatic nitrogens is 2. The summed E-state index contributed by atoms with van der Waals surface area (Å²) in [4.78, 5) is 15.2. The van der Waals surface area contributed by atoms with Crippen molar-refractivity contribution >= 4 is 11.4 Å². The molecule has 1 heterocycles. The minimum absolute atomic E-state index is 0.0384. The van der Waals surface area contributed by atoms with Crippen LogP contribution in [0.1, 0.15) is 0 Å². The van der Waals surface area contributed by atoms with Gasteiger partial charge in [-0.3, -0.25) is 10.1 Å². The molecule has 0 fully saturated rings. The van der Waals surface area contributed by atoms with Crippen molar-refractivity contribution < 1.29 is 4.92 Å². The maximum Gasteiger partial charge on any atom is 0.271 e. The Labute approximate surface area is 162 Å². The molecule has 0 aliphatic heterocycles. The summed E-state index contributed by atoms with van der Waals surface area (Å²) in [6, 6.07) is 23.1. The zero-order valence-corrected chi connectivity index (χ0v) is 15.2. The number of nitro groups is 1. The van der Waals surface area contributed by atoms with Crippen LogP contribution in [0.4, 0.5) is 11.4 Å². The SMILES string of the molecule is CNc1ccc([N+](=O)[O-])cc1-n1cnc(-c2ccc(-c3ccccc3)cc2)c1. The van der Waals surface area contributed by atoms with Crippen molar-refractivity contribution in [1.29, 1.82) is 0 Å². The lowest BCUT2D eigenvalue weighted by atomic mass is 10.0. The van der Waals surface area contributed by atoms with Crippen molar-refractivity contribution in [2.45, 2.75) is 0 Å². The molecule has 4 aromatic rings. The molecule has 0 saturated heterocycles. The highest BCUT2D eigenvalue weighted by Gasteiger charge is 2.13. The van der Waals surface area contributed by atoms with Crippen LogP contribution >= 0.6 is 0 Å². The fourth-order valence-corrected chi connectivity index (χ4v) is 3.13. The number of non-ortho nitro benzene ring substituents is 1. The van der Waals surface area contributed by atoms with E-state index in [1.807, 2.05) is 36.5 Å². The first-order valence-electron chi connectivity index (χ1n) is 8.82. The minimum atomic E-state index is -0.400. The first-order chi connectivity index (χ1) is 13.7. The predicted octanol–water partition coefficient (Wildman–Crippen LogP) is 5.16. The van der Waals surface area contributed by atoms with Crippen LogP contribution in [0.25, 0.3) is 28.1 Å². The lowest BCUT2D eigenvalue weighted by Gasteiger charge is -2.09. The summed E-state index contributed by atoms with van der Waals surface area (Å²) in [6.45, 7) is 0. The number of nitro benzene ring substituents is 1. The molecule has 0 radical (unpaired) electrons. The molecule has 0 saturated carbocycles. The second-order valence-electron chi connectivity index (χ2n) is 6.32. The Morgan fingerprint density at radius 1 is 0.929 bits per heavy atom. The van der Waals surface area contributed by atoms with Gasteiger partial charge < -0.3 is 9.88 Å². The topological polar surface area (TPSA) is 73.0 Å². The second-order valence-corrected chi connectivity index (χ2v) is 6.32. The third-order valence-electron chi connectivity index (χ3n) is 4.61. The van der Waals surface area contributed by atoms with Gasteiger partial charge in [-0.15, -0.1) is 0 Å². The Hall–Kier alpha value is -3.93. The largest absolute Gasteiger partial charge is 0.386 e. The number of hydrogen-bond acceptors (Lipinski definition) is 4. The first kappa shape index (κ1) is 17.5. The van der Waals surface area contributed by atoms with Crippen LogP contribution in [-0.2, 0) is 0 Å². The Morgan fingerprint density at radius 3 is 2.29 bits per heavy atom. The molecule has 28 heavy (non-hydrogen) atoms. The molecule has 3 aromatic carbocycles. The van der Waals surface area contributed by atoms with E-state index in [1.165, 1.54) is 12.1 Å². The van der Waals surface area contributed by atoms with E-state index in [9.17, 15) is 10.1 Å². The van der Waals surface area contributed by atoms with Crippen LogP contribution in [0.2, 0.25) is 0 Å². The van der Waals surface area contributed by atoms with Gasteiger partial charge in [0.05, 0.1) is 28.3 Å². The quantitative estimate of drug-likeness (QED) is 0.389. The summed E-state index contributed by atoms with van der Waals surface area (Å²) in [5.74, 6) is 0. The Bertz CT molecular complexity index is 1120. The van der Waals surface area contributed by atoms with Gasteiger partial charge in [-0.2, -0.15) is 0 Å². The van der Waals surface area contributed by atoms with Gasteiger partial charge in [-0.05, 0) is 17.2 Å². The molecule has 6 nitrogen and oxygen atoms in total. The van der Waals surface area contributed by atoms with Crippen molar-refractivity contribution in [3.8, 4) is 28.1 Å². The zero-order chi connectivity index (χ0) is 19.5. The van der Waals surface area contributed by atoms with E-state index in [4.69, 9.17) is 0 Å². The van der Waals surface area contributed by atoms with E-state index < -0.39 is 4.92 Å². The smallest absolute Gasteiger partial charge is 0.271 e. The molecule has 0 aliphatic rings. The lowest BCUT2D eigenvalue weighted by Crippen LogP contribution is -2.00. The van der Waals surface area contributed by atoms with Crippen LogP contribution < -0.4 is 5.32 Å². The second kappa shape index (κ2) is 7.36. The maximum absolute atomic E-state index is 11.1. The summed E-state index contributed by atoms with van der Waals surface area (Å²) in [5, 5.41) is 14.2. The van der Waals surface area contributed by atoms with E-state index in [2.05, 4.69) is 34.6 Å². The van der Waals surface area contributed by atoms with Crippen molar-refractivity contribution in [3.63, 3.8) is 0 Å². The highest BCUT2D eigenvalue weighted by atomic mass is 16.6. The molecule has 4 rings (SSSR count). The molecular formula is C22H18N4O2. The Morgan fingerprint density at radius 2 is 1.61 bits per heavy atom. The van der Waals surface area contributed by atoms with Crippen molar-refractivity contribution in [2.24, 2.45) is 0 Å². The predicted molar refractivity (Wildman–Crippen MR) is 111 cm³/mol. The van der Waals surface area contributed by atoms with E-state index in [0.717, 1.165) is 28.1 Å². The fourth-order valence-electron chi connectivity index (χ4n) is 3.13. The number of rotatable bonds is 5. The van der Waals surface area contributed by atoms with Crippen LogP contribution in [-0.4, -0.2) is 21.5 Å². The minimum Gasteiger partial charge on any atom is -0.386 e. The molecule has 0 aliphatic carbocycles. The molecule has 1 N–H and O–H groups in total. The molecule has 138 valence electrons. The molecule has 0 bridgehead atoms. The lowest BCUT2D eigenvalue weighted by molar-refractivity contribution is -0.384. The fraction of sp³-hybridized carbons (Fsp3) is 0.0455. The van der Waals surface area contributed by atoms with Crippen LogP contribution in [0.5, 0.6) is 0 Å². The van der Waals surface area contributed by atoms with Gasteiger partial charge in [-0.25, -0.2) is 4.98 Å². The Kier molecular flexibility index (Phi) is 4.60. The highest BCUT2D eigenvalue weighted by Crippen LogP contribution is 2.28. The number of hydrogen-bond donors (Lipinski definition) is 1. The van der Waals surface area contributed by atoms with Crippen LogP contribution in [0.15, 0.2) is 85.3 Å². The van der Waals surface area contributed by atoms with Crippen LogP contribution in [0, 0.1) is 10.1 Å². The maximum atomic E-state index is 11.1. The number of anilines is 1. The van der Waals surface area contributed by atoms with E-state index in [0.29, 0.717) is 5.69 Å². The monoisotopic (exact) mass is 370 g/mol. The van der Waals surface area contributed by atoms with E-state index in [1.54, 1.807) is 24.0 Å². The average molecular weight is 370 g/mol. The third kappa shape index (κ3) is 3.35. The summed E-state index contributed by atoms with van der Waals surface area (Å²) in [5.41, 5.74) is 5.58. The molecule has 6 heteroatoms. The third-order valence-corrected chi connectivity index (χ3v) is 4.61. The number of benzene rings is 3. The van der Waals surface area contributed by atoms with Gasteiger partial charge in [0.15, 0.2) is 0 Å². The van der Waals surface area contributed by atoms with E-state index >= 15 is 0 Å². The first-order valence-corrected chi connectivity index (χ1v) is 8.82. The summed E-state index contributed by atoms with van der Waals surface area (Å²) < 4.78 is 1.79. The number of nitrogens with one attached hydrogen (secondary N) is 1. The molecule has 0 atom stereocenters. The van der Waals surface area contributed by atoms with Gasteiger partial charge >= 0.3 is 0 Å². The van der Waals surface area contributed by atoms with Crippen molar-refractivity contribution in [1.82, 2.24) is 9.55 Å². The van der Waals surface area contributed by atoms with Crippen molar-refractivity contribution in [3.05, 3.63) is 95.4 Å². The highest BCUT2D eigenvalue weighted by molar-refractivity contribution is 5.70. The van der Waals surface area contributed by atoms with Gasteiger partial charge in [-0.1, -0.05) is 54.6 Å². The van der Waals surface area contributed by atoms with Gasteiger partial charge in [0.25, 0.3) is 5.69 Å². The molecule has 0 spiro atoms. The van der Waals surface area contributed by atoms with Gasteiger partial charge in [0.2, 0.25) is 0 Å². The standard InChI is InChI=1S/C22H18N4O2/c1-23-20-12-11-19(26(27)28)13-22(20)25-14-21(24-15-25)18-9-7-17(8-10-18)16-5-3-2-4-6-16/h2-15,23H,1H3. The zero-order valence-electron chi connectivity index (χ0n) is 15.2. The molecule has 0 unspecified atom stereocenters. The summed E-state index contributed by atoms with van der Waals surface area (Å²) >= 11 is 0. The summed E-state index contributed by atoms with van der Waals surface area (Å²) in [6.07, 6.45) is 3.54. The summed E-state index contributed by atoms with van der Waals surface area (Å²) in [7, 11) is 1.78.